The van der Waals surface area contributed by atoms with Crippen LogP contribution in [-0.4, -0.2) is 20.7 Å². The van der Waals surface area contributed by atoms with Crippen molar-refractivity contribution >= 4 is 23.0 Å². The summed E-state index contributed by atoms with van der Waals surface area (Å²) < 4.78 is 0. The molecule has 1 aliphatic rings. The highest BCUT2D eigenvalue weighted by atomic mass is 16.1. The monoisotopic (exact) mass is 409 g/mol. The van der Waals surface area contributed by atoms with Gasteiger partial charge in [0.15, 0.2) is 5.78 Å². The molecule has 0 bridgehead atoms. The molecule has 1 aromatic carbocycles. The molecule has 1 aliphatic carbocycles. The molecule has 3 heterocycles. The number of aromatic nitrogens is 3. The molecule has 4 aromatic rings. The number of fused-ring (bicyclic) bond motifs is 1. The third-order valence-electron chi connectivity index (χ3n) is 5.50. The maximum absolute atomic E-state index is 12.8. The summed E-state index contributed by atoms with van der Waals surface area (Å²) in [5.41, 5.74) is 6.62. The van der Waals surface area contributed by atoms with Crippen molar-refractivity contribution in [3.05, 3.63) is 90.0 Å². The molecule has 0 spiro atoms. The first-order valence-corrected chi connectivity index (χ1v) is 10.5. The number of aromatic amines is 1. The average molecular weight is 409 g/mol. The number of hydrogen-bond acceptors (Lipinski definition) is 5. The van der Waals surface area contributed by atoms with Gasteiger partial charge in [-0.25, -0.2) is 4.98 Å². The molecule has 3 N–H and O–H groups in total. The van der Waals surface area contributed by atoms with Gasteiger partial charge in [0.25, 0.3) is 0 Å². The maximum Gasteiger partial charge on any atom is 0.166 e. The molecule has 0 amide bonds. The Hall–Kier alpha value is -3.93. The van der Waals surface area contributed by atoms with Crippen LogP contribution < -0.4 is 10.6 Å². The van der Waals surface area contributed by atoms with Gasteiger partial charge in [-0.2, -0.15) is 0 Å². The molecule has 0 saturated carbocycles. The van der Waals surface area contributed by atoms with Crippen molar-refractivity contribution in [2.75, 3.05) is 10.6 Å². The molecule has 0 unspecified atom stereocenters. The van der Waals surface area contributed by atoms with Crippen LogP contribution in [0, 0.1) is 0 Å². The van der Waals surface area contributed by atoms with E-state index in [0.29, 0.717) is 13.0 Å². The molecular weight excluding hydrogens is 386 g/mol. The molecule has 0 fully saturated rings. The largest absolute Gasteiger partial charge is 0.366 e. The first-order valence-electron chi connectivity index (χ1n) is 10.5. The summed E-state index contributed by atoms with van der Waals surface area (Å²) in [5.74, 6) is 0.964. The number of H-pyrrole nitrogens is 1. The molecule has 0 saturated heterocycles. The number of benzene rings is 1. The van der Waals surface area contributed by atoms with Gasteiger partial charge in [-0.1, -0.05) is 18.2 Å². The molecule has 6 heteroatoms. The minimum absolute atomic E-state index is 0.187. The van der Waals surface area contributed by atoms with Gasteiger partial charge in [0.1, 0.15) is 5.82 Å². The zero-order chi connectivity index (χ0) is 21.0. The van der Waals surface area contributed by atoms with Crippen molar-refractivity contribution in [3.63, 3.8) is 0 Å². The lowest BCUT2D eigenvalue weighted by atomic mass is 9.95. The van der Waals surface area contributed by atoms with Crippen LogP contribution in [0.1, 0.15) is 34.5 Å². The van der Waals surface area contributed by atoms with Crippen molar-refractivity contribution in [1.82, 2.24) is 15.0 Å². The van der Waals surface area contributed by atoms with Crippen LogP contribution in [0.4, 0.5) is 17.2 Å². The van der Waals surface area contributed by atoms with Gasteiger partial charge in [-0.05, 0) is 54.8 Å². The van der Waals surface area contributed by atoms with E-state index in [9.17, 15) is 4.79 Å². The fourth-order valence-corrected chi connectivity index (χ4v) is 3.98. The van der Waals surface area contributed by atoms with Gasteiger partial charge in [0.05, 0.1) is 16.9 Å². The lowest BCUT2D eigenvalue weighted by Crippen LogP contribution is -2.10. The van der Waals surface area contributed by atoms with Crippen LogP contribution in [0.2, 0.25) is 0 Å². The highest BCUT2D eigenvalue weighted by molar-refractivity contribution is 6.07. The number of pyridine rings is 2. The molecule has 31 heavy (non-hydrogen) atoms. The second-order valence-corrected chi connectivity index (χ2v) is 7.64. The number of Topliss-reactive ketones (excluding diaryl/α,β-unsaturated/α-hetero) is 1. The number of carbonyl (C=O) groups is 1. The Morgan fingerprint density at radius 1 is 0.968 bits per heavy atom. The molecule has 0 atom stereocenters. The van der Waals surface area contributed by atoms with Gasteiger partial charge in [-0.3, -0.25) is 9.78 Å². The van der Waals surface area contributed by atoms with E-state index in [-0.39, 0.29) is 5.78 Å². The summed E-state index contributed by atoms with van der Waals surface area (Å²) in [4.78, 5) is 24.8. The van der Waals surface area contributed by atoms with Crippen molar-refractivity contribution in [3.8, 4) is 11.3 Å². The number of nitrogens with one attached hydrogen (secondary N) is 3. The van der Waals surface area contributed by atoms with Gasteiger partial charge in [-0.15, -0.1) is 0 Å². The van der Waals surface area contributed by atoms with Crippen LogP contribution >= 0.6 is 0 Å². The Bertz CT molecular complexity index is 1200. The Morgan fingerprint density at radius 2 is 1.81 bits per heavy atom. The summed E-state index contributed by atoms with van der Waals surface area (Å²) in [7, 11) is 0. The average Bonchev–Trinajstić information content (AvgIpc) is 3.19. The van der Waals surface area contributed by atoms with Crippen molar-refractivity contribution in [1.29, 1.82) is 0 Å². The summed E-state index contributed by atoms with van der Waals surface area (Å²) in [6.07, 6.45) is 7.70. The van der Waals surface area contributed by atoms with Gasteiger partial charge in [0, 0.05) is 48.5 Å². The van der Waals surface area contributed by atoms with Crippen molar-refractivity contribution in [2.24, 2.45) is 0 Å². The Morgan fingerprint density at radius 3 is 2.65 bits per heavy atom. The van der Waals surface area contributed by atoms with Crippen LogP contribution in [0.25, 0.3) is 11.3 Å². The number of hydrogen-bond donors (Lipinski definition) is 3. The lowest BCUT2D eigenvalue weighted by Gasteiger charge is -2.14. The SMILES string of the molecule is O=C1CCCc2[nH]c(-c3ccnc(NCc4ccncc4)c3)c(Nc3ccccc3)c21. The quantitative estimate of drug-likeness (QED) is 0.400. The zero-order valence-electron chi connectivity index (χ0n) is 17.1. The van der Waals surface area contributed by atoms with E-state index in [1.165, 1.54) is 0 Å². The fraction of sp³-hybridized carbons (Fsp3) is 0.160. The zero-order valence-corrected chi connectivity index (χ0v) is 17.1. The predicted molar refractivity (Wildman–Crippen MR) is 123 cm³/mol. The Kier molecular flexibility index (Phi) is 5.19. The standard InChI is InChI=1S/C25H23N5O/c31-21-8-4-7-20-23(21)25(29-19-5-2-1-3-6-19)24(30-20)18-11-14-27-22(15-18)28-16-17-9-12-26-13-10-17/h1-3,5-6,9-15,29-30H,4,7-8,16H2,(H,27,28). The number of nitrogens with zero attached hydrogens (tertiary/aromatic N) is 2. The number of carbonyl (C=O) groups excluding carboxylic acids is 1. The third-order valence-corrected chi connectivity index (χ3v) is 5.50. The summed E-state index contributed by atoms with van der Waals surface area (Å²) >= 11 is 0. The van der Waals surface area contributed by atoms with E-state index >= 15 is 0 Å². The molecule has 6 nitrogen and oxygen atoms in total. The predicted octanol–water partition coefficient (Wildman–Crippen LogP) is 5.35. The minimum Gasteiger partial charge on any atom is -0.366 e. The number of rotatable bonds is 6. The van der Waals surface area contributed by atoms with Crippen LogP contribution in [-0.2, 0) is 13.0 Å². The second-order valence-electron chi connectivity index (χ2n) is 7.64. The van der Waals surface area contributed by atoms with E-state index in [1.807, 2.05) is 54.6 Å². The summed E-state index contributed by atoms with van der Waals surface area (Å²) in [5, 5.41) is 6.86. The third kappa shape index (κ3) is 4.05. The van der Waals surface area contributed by atoms with Crippen molar-refractivity contribution in [2.45, 2.75) is 25.8 Å². The molecule has 0 radical (unpaired) electrons. The number of aryl methyl sites for hydroxylation is 1. The van der Waals surface area contributed by atoms with Gasteiger partial charge < -0.3 is 15.6 Å². The van der Waals surface area contributed by atoms with Crippen LogP contribution in [0.5, 0.6) is 0 Å². The first-order chi connectivity index (χ1) is 15.3. The lowest BCUT2D eigenvalue weighted by molar-refractivity contribution is 0.0973. The van der Waals surface area contributed by atoms with E-state index < -0.39 is 0 Å². The van der Waals surface area contributed by atoms with Gasteiger partial charge >= 0.3 is 0 Å². The molecule has 3 aromatic heterocycles. The Labute approximate surface area is 180 Å². The molecule has 154 valence electrons. The fourth-order valence-electron chi connectivity index (χ4n) is 3.98. The second kappa shape index (κ2) is 8.44. The van der Waals surface area contributed by atoms with E-state index in [2.05, 4.69) is 25.6 Å². The van der Waals surface area contributed by atoms with E-state index in [0.717, 1.165) is 58.1 Å². The molecular formula is C25H23N5O. The highest BCUT2D eigenvalue weighted by Gasteiger charge is 2.27. The molecule has 0 aliphatic heterocycles. The van der Waals surface area contributed by atoms with Crippen molar-refractivity contribution < 1.29 is 4.79 Å². The first kappa shape index (κ1) is 19.1. The number of para-hydroxylation sites is 1. The topological polar surface area (TPSA) is 82.7 Å². The Balaban J connectivity index is 1.50. The van der Waals surface area contributed by atoms with Crippen LogP contribution in [0.15, 0.2) is 73.2 Å². The van der Waals surface area contributed by atoms with Gasteiger partial charge in [0.2, 0.25) is 0 Å². The summed E-state index contributed by atoms with van der Waals surface area (Å²) in [6, 6.07) is 17.9. The number of ketones is 1. The number of anilines is 3. The maximum atomic E-state index is 12.8. The van der Waals surface area contributed by atoms with E-state index in [1.54, 1.807) is 18.6 Å². The van der Waals surface area contributed by atoms with Crippen LogP contribution in [0.3, 0.4) is 0 Å². The molecule has 5 rings (SSSR count). The minimum atomic E-state index is 0.187. The van der Waals surface area contributed by atoms with E-state index in [4.69, 9.17) is 0 Å². The normalized spacial score (nSPS) is 13.0. The smallest absolute Gasteiger partial charge is 0.166 e. The summed E-state index contributed by atoms with van der Waals surface area (Å²) in [6.45, 7) is 0.661. The highest BCUT2D eigenvalue weighted by Crippen LogP contribution is 2.39.